The van der Waals surface area contributed by atoms with Gasteiger partial charge in [0, 0.05) is 12.2 Å². The fourth-order valence-electron chi connectivity index (χ4n) is 5.05. The lowest BCUT2D eigenvalue weighted by Crippen LogP contribution is -2.57. The second-order valence-electron chi connectivity index (χ2n) is 11.4. The number of amides is 4. The van der Waals surface area contributed by atoms with Crippen LogP contribution in [0.15, 0.2) is 24.3 Å². The van der Waals surface area contributed by atoms with E-state index in [0.717, 1.165) is 31.8 Å². The van der Waals surface area contributed by atoms with E-state index >= 15 is 0 Å². The van der Waals surface area contributed by atoms with Crippen LogP contribution in [0.5, 0.6) is 5.75 Å². The third-order valence-corrected chi connectivity index (χ3v) is 8.12. The Kier molecular flexibility index (Phi) is 18.7. The number of carbonyl (C=O) groups excluding carboxylic acids is 4. The molecule has 14 nitrogen and oxygen atoms in total. The zero-order valence-corrected chi connectivity index (χ0v) is 27.3. The number of aliphatic carboxylic acids is 1. The van der Waals surface area contributed by atoms with Gasteiger partial charge in [0.1, 0.15) is 23.9 Å². The molecule has 258 valence electrons. The van der Waals surface area contributed by atoms with Gasteiger partial charge in [-0.15, -0.1) is 0 Å². The number of benzene rings is 1. The summed E-state index contributed by atoms with van der Waals surface area (Å²) in [6.45, 7) is 2.51. The van der Waals surface area contributed by atoms with E-state index in [9.17, 15) is 29.1 Å². The summed E-state index contributed by atoms with van der Waals surface area (Å²) in [7, 11) is 0. The Morgan fingerprint density at radius 2 is 1.57 bits per heavy atom. The van der Waals surface area contributed by atoms with Crippen LogP contribution in [0.4, 0.5) is 0 Å². The molecule has 0 radical (unpaired) electrons. The molecule has 1 aromatic carbocycles. The Labute approximate surface area is 276 Å². The van der Waals surface area contributed by atoms with Crippen LogP contribution in [0.2, 0.25) is 0 Å². The number of unbranched alkanes of at least 4 members (excludes halogenated alkanes) is 2. The quantitative estimate of drug-likeness (QED) is 0.0567. The number of thiol groups is 1. The highest BCUT2D eigenvalue weighted by Gasteiger charge is 2.29. The maximum Gasteiger partial charge on any atom is 0.326 e. The largest absolute Gasteiger partial charge is 0.494 e. The van der Waals surface area contributed by atoms with Gasteiger partial charge in [-0.1, -0.05) is 18.6 Å². The van der Waals surface area contributed by atoms with Gasteiger partial charge in [0.2, 0.25) is 23.6 Å². The first-order valence-corrected chi connectivity index (χ1v) is 16.6. The van der Waals surface area contributed by atoms with Gasteiger partial charge >= 0.3 is 5.97 Å². The summed E-state index contributed by atoms with van der Waals surface area (Å²) in [5.74, 6) is -2.38. The van der Waals surface area contributed by atoms with Gasteiger partial charge in [-0.2, -0.15) is 12.6 Å². The van der Waals surface area contributed by atoms with Gasteiger partial charge in [-0.05, 0) is 88.2 Å². The topological polar surface area (TPSA) is 227 Å². The van der Waals surface area contributed by atoms with Gasteiger partial charge < -0.3 is 47.9 Å². The number of carboxylic acid groups (broad SMARTS) is 1. The van der Waals surface area contributed by atoms with Gasteiger partial charge in [0.25, 0.3) is 0 Å². The molecule has 0 unspecified atom stereocenters. The fraction of sp³-hybridized carbons (Fsp3) is 0.645. The number of nitrogens with two attached hydrogens (primary N) is 2. The zero-order valence-electron chi connectivity index (χ0n) is 26.4. The van der Waals surface area contributed by atoms with Crippen LogP contribution in [0.25, 0.3) is 0 Å². The molecular formula is C31H51N7O7S. The summed E-state index contributed by atoms with van der Waals surface area (Å²) in [6, 6.07) is 3.66. The monoisotopic (exact) mass is 665 g/mol. The lowest BCUT2D eigenvalue weighted by Gasteiger charge is -2.24. The van der Waals surface area contributed by atoms with Crippen LogP contribution in [0, 0.1) is 5.92 Å². The summed E-state index contributed by atoms with van der Waals surface area (Å²) >= 11 is 4.12. The van der Waals surface area contributed by atoms with Crippen molar-refractivity contribution in [3.05, 3.63) is 29.8 Å². The number of ether oxygens (including phenoxy) is 1. The van der Waals surface area contributed by atoms with E-state index in [2.05, 4.69) is 39.2 Å². The number of rotatable bonds is 22. The lowest BCUT2D eigenvalue weighted by atomic mass is 9.93. The van der Waals surface area contributed by atoms with Crippen LogP contribution >= 0.6 is 12.6 Å². The Bertz CT molecular complexity index is 1100. The van der Waals surface area contributed by atoms with Crippen molar-refractivity contribution in [1.82, 2.24) is 26.6 Å². The Balaban J connectivity index is 1.91. The van der Waals surface area contributed by atoms with Crippen molar-refractivity contribution in [3.8, 4) is 5.75 Å². The van der Waals surface area contributed by atoms with E-state index in [4.69, 9.17) is 16.2 Å². The number of nitrogens with one attached hydrogen (secondary N) is 5. The Hall–Kier alpha value is -3.40. The summed E-state index contributed by atoms with van der Waals surface area (Å²) in [5, 5.41) is 23.1. The number of hydrogen-bond acceptors (Lipinski definition) is 10. The molecular weight excluding hydrogens is 614 g/mol. The smallest absolute Gasteiger partial charge is 0.326 e. The predicted octanol–water partition coefficient (Wildman–Crippen LogP) is -0.549. The standard InChI is InChI=1S/C31H51N7O7S/c32-13-3-1-6-24(37-30(42)26(20-46)36-28(40)19-35-27(39)18-33)29(41)38-25(31(43)44)17-22-7-9-23(10-8-22)45-16-4-2-5-21-11-14-34-15-12-21/h7-10,21,24-26,34,46H,1-6,11-20,32-33H2,(H,35,39)(H,36,40)(H,37,42)(H,38,41)(H,43,44)/t24-,25-,26-/m0/s1. The highest BCUT2D eigenvalue weighted by atomic mass is 32.1. The number of carbonyl (C=O) groups is 5. The molecule has 0 aromatic heterocycles. The van der Waals surface area contributed by atoms with E-state index < -0.39 is 47.7 Å². The van der Waals surface area contributed by atoms with Crippen molar-refractivity contribution < 1.29 is 33.8 Å². The minimum atomic E-state index is -1.25. The average Bonchev–Trinajstić information content (AvgIpc) is 3.06. The summed E-state index contributed by atoms with van der Waals surface area (Å²) < 4.78 is 5.86. The second kappa shape index (κ2) is 22.2. The maximum atomic E-state index is 13.2. The van der Waals surface area contributed by atoms with Crippen LogP contribution in [0.3, 0.4) is 0 Å². The van der Waals surface area contributed by atoms with Crippen LogP contribution in [-0.2, 0) is 30.4 Å². The molecule has 46 heavy (non-hydrogen) atoms. The molecule has 1 aliphatic heterocycles. The highest BCUT2D eigenvalue weighted by molar-refractivity contribution is 7.80. The first kappa shape index (κ1) is 38.8. The van der Waals surface area contributed by atoms with Crippen molar-refractivity contribution in [1.29, 1.82) is 0 Å². The summed E-state index contributed by atoms with van der Waals surface area (Å²) in [6.07, 6.45) is 7.07. The normalized spacial score (nSPS) is 15.2. The fourth-order valence-corrected chi connectivity index (χ4v) is 5.31. The molecule has 0 bridgehead atoms. The number of carboxylic acids is 1. The van der Waals surface area contributed by atoms with E-state index in [1.807, 2.05) is 0 Å². The molecule has 3 atom stereocenters. The van der Waals surface area contributed by atoms with Gasteiger partial charge in [-0.3, -0.25) is 19.2 Å². The van der Waals surface area contributed by atoms with E-state index in [1.165, 1.54) is 19.3 Å². The molecule has 1 aliphatic rings. The van der Waals surface area contributed by atoms with Crippen LogP contribution < -0.4 is 42.8 Å². The van der Waals surface area contributed by atoms with Crippen LogP contribution in [0.1, 0.15) is 56.9 Å². The molecule has 10 N–H and O–H groups in total. The van der Waals surface area contributed by atoms with E-state index in [-0.39, 0.29) is 31.7 Å². The van der Waals surface area contributed by atoms with Crippen molar-refractivity contribution in [2.45, 2.75) is 75.9 Å². The van der Waals surface area contributed by atoms with E-state index in [0.29, 0.717) is 37.3 Å². The molecule has 0 spiro atoms. The second-order valence-corrected chi connectivity index (χ2v) is 11.8. The first-order chi connectivity index (χ1) is 22.2. The number of piperidine rings is 1. The third kappa shape index (κ3) is 15.3. The summed E-state index contributed by atoms with van der Waals surface area (Å²) in [5.41, 5.74) is 11.5. The molecule has 1 saturated heterocycles. The van der Waals surface area contributed by atoms with Crippen molar-refractivity contribution in [2.75, 3.05) is 45.1 Å². The Morgan fingerprint density at radius 3 is 2.20 bits per heavy atom. The predicted molar refractivity (Wildman–Crippen MR) is 177 cm³/mol. The van der Waals surface area contributed by atoms with Crippen molar-refractivity contribution in [3.63, 3.8) is 0 Å². The molecule has 1 heterocycles. The van der Waals surface area contributed by atoms with Crippen molar-refractivity contribution >= 4 is 42.2 Å². The molecule has 0 aliphatic carbocycles. The molecule has 4 amide bonds. The Morgan fingerprint density at radius 1 is 0.891 bits per heavy atom. The third-order valence-electron chi connectivity index (χ3n) is 7.76. The molecule has 1 aromatic rings. The van der Waals surface area contributed by atoms with Crippen molar-refractivity contribution in [2.24, 2.45) is 17.4 Å². The number of hydrogen-bond donors (Lipinski definition) is 9. The molecule has 1 fully saturated rings. The van der Waals surface area contributed by atoms with Crippen LogP contribution in [-0.4, -0.2) is 97.9 Å². The lowest BCUT2D eigenvalue weighted by molar-refractivity contribution is -0.142. The van der Waals surface area contributed by atoms with E-state index in [1.54, 1.807) is 24.3 Å². The SMILES string of the molecule is NCCCC[C@H](NC(=O)[C@H](CS)NC(=O)CNC(=O)CN)C(=O)N[C@@H](Cc1ccc(OCCCCC2CCNCC2)cc1)C(=O)O. The highest BCUT2D eigenvalue weighted by Crippen LogP contribution is 2.19. The first-order valence-electron chi connectivity index (χ1n) is 16.0. The minimum Gasteiger partial charge on any atom is -0.494 e. The zero-order chi connectivity index (χ0) is 33.7. The molecule has 0 saturated carbocycles. The molecule has 2 rings (SSSR count). The minimum absolute atomic E-state index is 0.0188. The molecule has 15 heteroatoms. The van der Waals surface area contributed by atoms with Gasteiger partial charge in [0.05, 0.1) is 19.7 Å². The maximum absolute atomic E-state index is 13.2. The van der Waals surface area contributed by atoms with Gasteiger partial charge in [0.15, 0.2) is 0 Å². The summed E-state index contributed by atoms with van der Waals surface area (Å²) in [4.78, 5) is 61.8. The average molecular weight is 666 g/mol. The van der Waals surface area contributed by atoms with Gasteiger partial charge in [-0.25, -0.2) is 4.79 Å².